The number of para-hydroxylation sites is 1. The zero-order valence-corrected chi connectivity index (χ0v) is 20.7. The van der Waals surface area contributed by atoms with Gasteiger partial charge in [-0.3, -0.25) is 9.59 Å². The van der Waals surface area contributed by atoms with Crippen LogP contribution in [0.25, 0.3) is 0 Å². The first-order valence-corrected chi connectivity index (χ1v) is 12.5. The smallest absolute Gasteiger partial charge is 0.262 e. The van der Waals surface area contributed by atoms with Gasteiger partial charge in [-0.05, 0) is 67.3 Å². The first kappa shape index (κ1) is 25.3. The molecule has 0 radical (unpaired) electrons. The molecule has 2 amide bonds. The van der Waals surface area contributed by atoms with Gasteiger partial charge >= 0.3 is 0 Å². The molecule has 0 aliphatic carbocycles. The van der Waals surface area contributed by atoms with Crippen LogP contribution < -0.4 is 25.0 Å². The Balaban J connectivity index is 1.31. The highest BCUT2D eigenvalue weighted by Gasteiger charge is 2.19. The largest absolute Gasteiger partial charge is 0.490 e. The van der Waals surface area contributed by atoms with Gasteiger partial charge in [0.05, 0.1) is 6.61 Å². The third-order valence-corrected chi connectivity index (χ3v) is 5.93. The molecular weight excluding hydrogens is 454 g/mol. The maximum atomic E-state index is 12.2. The molecule has 36 heavy (non-hydrogen) atoms. The molecule has 3 aromatic rings. The van der Waals surface area contributed by atoms with Crippen LogP contribution in [0.1, 0.15) is 37.3 Å². The minimum atomic E-state index is -0.233. The minimum Gasteiger partial charge on any atom is -0.490 e. The fourth-order valence-electron chi connectivity index (χ4n) is 4.18. The molecule has 0 spiro atoms. The molecule has 188 valence electrons. The second-order valence-corrected chi connectivity index (χ2v) is 8.69. The molecule has 1 fully saturated rings. The van der Waals surface area contributed by atoms with Gasteiger partial charge in [-0.1, -0.05) is 36.4 Å². The summed E-state index contributed by atoms with van der Waals surface area (Å²) in [4.78, 5) is 26.4. The van der Waals surface area contributed by atoms with E-state index in [1.807, 2.05) is 72.5 Å². The van der Waals surface area contributed by atoms with E-state index in [0.717, 1.165) is 41.9 Å². The van der Waals surface area contributed by atoms with Gasteiger partial charge in [0.1, 0.15) is 0 Å². The third kappa shape index (κ3) is 7.09. The average Bonchev–Trinajstić information content (AvgIpc) is 2.89. The highest BCUT2D eigenvalue weighted by molar-refractivity contribution is 5.94. The Bertz CT molecular complexity index is 1170. The Hall–Kier alpha value is -3.84. The number of benzene rings is 3. The number of carbonyl (C=O) groups excluding carboxylic acids is 2. The molecule has 0 aromatic heterocycles. The molecule has 1 saturated heterocycles. The summed E-state index contributed by atoms with van der Waals surface area (Å²) in [5.41, 5.74) is 3.86. The molecule has 0 saturated carbocycles. The fraction of sp³-hybridized carbons (Fsp3) is 0.310. The summed E-state index contributed by atoms with van der Waals surface area (Å²) in [6.45, 7) is 4.41. The summed E-state index contributed by atoms with van der Waals surface area (Å²) in [5.74, 6) is 1.11. The molecule has 7 nitrogen and oxygen atoms in total. The van der Waals surface area contributed by atoms with E-state index in [1.165, 1.54) is 0 Å². The van der Waals surface area contributed by atoms with Crippen molar-refractivity contribution < 1.29 is 19.1 Å². The van der Waals surface area contributed by atoms with Crippen LogP contribution in [0.4, 0.5) is 11.4 Å². The second kappa shape index (κ2) is 12.7. The van der Waals surface area contributed by atoms with E-state index in [-0.39, 0.29) is 18.4 Å². The number of anilines is 2. The summed E-state index contributed by atoms with van der Waals surface area (Å²) < 4.78 is 11.5. The molecule has 0 bridgehead atoms. The van der Waals surface area contributed by atoms with Crippen molar-refractivity contribution in [2.75, 3.05) is 30.0 Å². The number of ether oxygens (including phenoxy) is 2. The summed E-state index contributed by atoms with van der Waals surface area (Å²) >= 11 is 0. The van der Waals surface area contributed by atoms with E-state index in [0.29, 0.717) is 37.6 Å². The van der Waals surface area contributed by atoms with Crippen molar-refractivity contribution >= 4 is 23.2 Å². The van der Waals surface area contributed by atoms with Crippen molar-refractivity contribution in [3.8, 4) is 11.5 Å². The Kier molecular flexibility index (Phi) is 8.94. The van der Waals surface area contributed by atoms with Crippen molar-refractivity contribution in [2.45, 2.75) is 39.3 Å². The van der Waals surface area contributed by atoms with Crippen LogP contribution in [0.15, 0.2) is 72.8 Å². The van der Waals surface area contributed by atoms with Crippen LogP contribution in [0, 0.1) is 0 Å². The Morgan fingerprint density at radius 1 is 0.889 bits per heavy atom. The van der Waals surface area contributed by atoms with Gasteiger partial charge in [-0.25, -0.2) is 0 Å². The number of carbonyl (C=O) groups is 2. The lowest BCUT2D eigenvalue weighted by molar-refractivity contribution is -0.119. The lowest BCUT2D eigenvalue weighted by Gasteiger charge is -2.27. The predicted octanol–water partition coefficient (Wildman–Crippen LogP) is 4.91. The van der Waals surface area contributed by atoms with Gasteiger partial charge in [0.15, 0.2) is 18.1 Å². The van der Waals surface area contributed by atoms with Gasteiger partial charge < -0.3 is 25.0 Å². The standard InChI is InChI=1S/C29H33N3O4/c1-2-35-27-18-23(14-15-26(27)36-21-28(33)31-24-10-4-3-5-11-24)20-30-19-22-9-8-12-25(17-22)32-16-7-6-13-29(32)34/h3-5,8-12,14-15,17-18,30H,2,6-7,13,16,19-21H2,1H3,(H,31,33). The average molecular weight is 488 g/mol. The fourth-order valence-corrected chi connectivity index (χ4v) is 4.18. The van der Waals surface area contributed by atoms with Crippen molar-refractivity contribution in [1.29, 1.82) is 0 Å². The molecular formula is C29H33N3O4. The van der Waals surface area contributed by atoms with Crippen LogP contribution in [0.2, 0.25) is 0 Å². The SMILES string of the molecule is CCOc1cc(CNCc2cccc(N3CCCCC3=O)c2)ccc1OCC(=O)Nc1ccccc1. The third-order valence-electron chi connectivity index (χ3n) is 5.93. The normalized spacial score (nSPS) is 13.4. The number of nitrogens with one attached hydrogen (secondary N) is 2. The number of piperidine rings is 1. The van der Waals surface area contributed by atoms with Crippen LogP contribution in [-0.2, 0) is 22.7 Å². The van der Waals surface area contributed by atoms with Crippen molar-refractivity contribution in [3.63, 3.8) is 0 Å². The molecule has 1 aliphatic heterocycles. The van der Waals surface area contributed by atoms with Gasteiger partial charge in [-0.15, -0.1) is 0 Å². The minimum absolute atomic E-state index is 0.109. The molecule has 1 aliphatic rings. The lowest BCUT2D eigenvalue weighted by Crippen LogP contribution is -2.35. The zero-order valence-electron chi connectivity index (χ0n) is 20.7. The molecule has 7 heteroatoms. The Morgan fingerprint density at radius 2 is 1.69 bits per heavy atom. The van der Waals surface area contributed by atoms with Crippen LogP contribution in [-0.4, -0.2) is 31.6 Å². The van der Waals surface area contributed by atoms with E-state index < -0.39 is 0 Å². The molecule has 1 heterocycles. The summed E-state index contributed by atoms with van der Waals surface area (Å²) in [7, 11) is 0. The van der Waals surface area contributed by atoms with Crippen molar-refractivity contribution in [3.05, 3.63) is 83.9 Å². The highest BCUT2D eigenvalue weighted by Crippen LogP contribution is 2.29. The maximum absolute atomic E-state index is 12.2. The summed E-state index contributed by atoms with van der Waals surface area (Å²) in [6, 6.07) is 23.2. The van der Waals surface area contributed by atoms with E-state index in [9.17, 15) is 9.59 Å². The lowest BCUT2D eigenvalue weighted by atomic mass is 10.1. The van der Waals surface area contributed by atoms with Gasteiger partial charge in [0, 0.05) is 37.4 Å². The maximum Gasteiger partial charge on any atom is 0.262 e. The number of amides is 2. The van der Waals surface area contributed by atoms with E-state index in [2.05, 4.69) is 22.8 Å². The quantitative estimate of drug-likeness (QED) is 0.402. The molecule has 2 N–H and O–H groups in total. The molecule has 0 atom stereocenters. The molecule has 4 rings (SSSR count). The highest BCUT2D eigenvalue weighted by atomic mass is 16.5. The number of hydrogen-bond acceptors (Lipinski definition) is 5. The zero-order chi connectivity index (χ0) is 25.2. The van der Waals surface area contributed by atoms with E-state index >= 15 is 0 Å². The molecule has 3 aromatic carbocycles. The first-order chi connectivity index (χ1) is 17.6. The topological polar surface area (TPSA) is 79.9 Å². The number of rotatable bonds is 11. The predicted molar refractivity (Wildman–Crippen MR) is 141 cm³/mol. The van der Waals surface area contributed by atoms with Crippen molar-refractivity contribution in [1.82, 2.24) is 5.32 Å². The van der Waals surface area contributed by atoms with Crippen molar-refractivity contribution in [2.24, 2.45) is 0 Å². The number of hydrogen-bond donors (Lipinski definition) is 2. The Morgan fingerprint density at radius 3 is 2.47 bits per heavy atom. The van der Waals surface area contributed by atoms with E-state index in [1.54, 1.807) is 0 Å². The Labute approximate surface area is 212 Å². The monoisotopic (exact) mass is 487 g/mol. The van der Waals surface area contributed by atoms with Gasteiger partial charge in [0.25, 0.3) is 5.91 Å². The summed E-state index contributed by atoms with van der Waals surface area (Å²) in [5, 5.41) is 6.27. The van der Waals surface area contributed by atoms with Gasteiger partial charge in [0.2, 0.25) is 5.91 Å². The number of nitrogens with zero attached hydrogens (tertiary/aromatic N) is 1. The van der Waals surface area contributed by atoms with Crippen LogP contribution >= 0.6 is 0 Å². The summed E-state index contributed by atoms with van der Waals surface area (Å²) in [6.07, 6.45) is 2.65. The van der Waals surface area contributed by atoms with Gasteiger partial charge in [-0.2, -0.15) is 0 Å². The van der Waals surface area contributed by atoms with E-state index in [4.69, 9.17) is 9.47 Å². The van der Waals surface area contributed by atoms with Crippen LogP contribution in [0.5, 0.6) is 11.5 Å². The van der Waals surface area contributed by atoms with Crippen LogP contribution in [0.3, 0.4) is 0 Å². The molecule has 0 unspecified atom stereocenters. The first-order valence-electron chi connectivity index (χ1n) is 12.5. The second-order valence-electron chi connectivity index (χ2n) is 8.69.